The Morgan fingerprint density at radius 1 is 1.57 bits per heavy atom. The minimum Gasteiger partial charge on any atom is -0.393 e. The molecule has 0 aliphatic carbocycles. The number of thioether (sulfide) groups is 1. The van der Waals surface area contributed by atoms with Crippen LogP contribution in [0.25, 0.3) is 0 Å². The zero-order chi connectivity index (χ0) is 10.7. The first kappa shape index (κ1) is 10.5. The van der Waals surface area contributed by atoms with Crippen molar-refractivity contribution in [1.29, 1.82) is 0 Å². The van der Waals surface area contributed by atoms with Crippen LogP contribution in [-0.4, -0.2) is 17.5 Å². The van der Waals surface area contributed by atoms with Gasteiger partial charge in [-0.2, -0.15) is 0 Å². The lowest BCUT2D eigenvalue weighted by Crippen LogP contribution is -2.01. The van der Waals surface area contributed by atoms with Gasteiger partial charge in [0.05, 0.1) is 4.92 Å². The number of hydrogen-bond donors (Lipinski definition) is 1. The second kappa shape index (κ2) is 4.10. The molecule has 0 aromatic heterocycles. The topological polar surface area (TPSA) is 86.2 Å². The summed E-state index contributed by atoms with van der Waals surface area (Å²) in [6, 6.07) is 3.02. The molecule has 0 aliphatic rings. The number of anilines is 1. The van der Waals surface area contributed by atoms with Crippen LogP contribution in [0, 0.1) is 10.1 Å². The Morgan fingerprint density at radius 2 is 2.21 bits per heavy atom. The second-order valence-electron chi connectivity index (χ2n) is 2.49. The van der Waals surface area contributed by atoms with Crippen molar-refractivity contribution in [2.75, 3.05) is 12.0 Å². The van der Waals surface area contributed by atoms with E-state index >= 15 is 0 Å². The summed E-state index contributed by atoms with van der Waals surface area (Å²) in [4.78, 5) is 21.2. The Balaban J connectivity index is 3.50. The maximum absolute atomic E-state index is 10.7. The van der Waals surface area contributed by atoms with Gasteiger partial charge in [0.15, 0.2) is 6.29 Å². The second-order valence-corrected chi connectivity index (χ2v) is 3.34. The van der Waals surface area contributed by atoms with Gasteiger partial charge in [-0.1, -0.05) is 0 Å². The largest absolute Gasteiger partial charge is 0.393 e. The molecular formula is C8H8N2O3S. The molecule has 0 saturated carbocycles. The van der Waals surface area contributed by atoms with Crippen LogP contribution < -0.4 is 5.73 Å². The molecule has 0 unspecified atom stereocenters. The molecule has 0 atom stereocenters. The van der Waals surface area contributed by atoms with Crippen LogP contribution in [0.3, 0.4) is 0 Å². The first-order valence-electron chi connectivity index (χ1n) is 3.67. The molecule has 74 valence electrons. The molecule has 1 aromatic rings. The number of benzene rings is 1. The highest BCUT2D eigenvalue weighted by molar-refractivity contribution is 7.98. The Hall–Kier alpha value is -1.56. The third-order valence-electron chi connectivity index (χ3n) is 1.73. The molecule has 0 amide bonds. The SMILES string of the molecule is CSc1ccc(N)c([N+](=O)[O-])c1C=O. The van der Waals surface area contributed by atoms with Crippen LogP contribution in [0.5, 0.6) is 0 Å². The van der Waals surface area contributed by atoms with Gasteiger partial charge in [0, 0.05) is 4.90 Å². The molecule has 0 aliphatic heterocycles. The highest BCUT2D eigenvalue weighted by Crippen LogP contribution is 2.32. The fourth-order valence-corrected chi connectivity index (χ4v) is 1.67. The highest BCUT2D eigenvalue weighted by Gasteiger charge is 2.20. The monoisotopic (exact) mass is 212 g/mol. The van der Waals surface area contributed by atoms with E-state index in [9.17, 15) is 14.9 Å². The van der Waals surface area contributed by atoms with Crippen LogP contribution in [0.2, 0.25) is 0 Å². The van der Waals surface area contributed by atoms with Crippen molar-refractivity contribution in [2.45, 2.75) is 4.90 Å². The molecular weight excluding hydrogens is 204 g/mol. The van der Waals surface area contributed by atoms with E-state index < -0.39 is 4.92 Å². The van der Waals surface area contributed by atoms with E-state index in [0.717, 1.165) is 0 Å². The van der Waals surface area contributed by atoms with Gasteiger partial charge in [0.1, 0.15) is 11.3 Å². The number of hydrogen-bond acceptors (Lipinski definition) is 5. The molecule has 1 aromatic carbocycles. The van der Waals surface area contributed by atoms with Gasteiger partial charge in [-0.3, -0.25) is 14.9 Å². The van der Waals surface area contributed by atoms with Crippen LogP contribution in [0.1, 0.15) is 10.4 Å². The van der Waals surface area contributed by atoms with E-state index in [0.29, 0.717) is 11.2 Å². The van der Waals surface area contributed by atoms with Gasteiger partial charge in [0.25, 0.3) is 0 Å². The van der Waals surface area contributed by atoms with Gasteiger partial charge < -0.3 is 5.73 Å². The molecule has 0 spiro atoms. The summed E-state index contributed by atoms with van der Waals surface area (Å²) in [5.41, 5.74) is 5.15. The minimum absolute atomic E-state index is 0.00917. The van der Waals surface area contributed by atoms with E-state index in [4.69, 9.17) is 5.73 Å². The third-order valence-corrected chi connectivity index (χ3v) is 2.52. The third kappa shape index (κ3) is 1.69. The first-order valence-corrected chi connectivity index (χ1v) is 4.90. The Kier molecular flexibility index (Phi) is 3.08. The van der Waals surface area contributed by atoms with E-state index in [-0.39, 0.29) is 16.9 Å². The zero-order valence-electron chi connectivity index (χ0n) is 7.39. The molecule has 2 N–H and O–H groups in total. The maximum Gasteiger partial charge on any atom is 0.303 e. The van der Waals surface area contributed by atoms with Crippen molar-refractivity contribution >= 4 is 29.4 Å². The Morgan fingerprint density at radius 3 is 2.64 bits per heavy atom. The van der Waals surface area contributed by atoms with E-state index in [1.54, 1.807) is 12.3 Å². The molecule has 6 heteroatoms. The van der Waals surface area contributed by atoms with Crippen molar-refractivity contribution in [3.8, 4) is 0 Å². The van der Waals surface area contributed by atoms with Gasteiger partial charge in [-0.25, -0.2) is 0 Å². The fourth-order valence-electron chi connectivity index (χ4n) is 1.10. The lowest BCUT2D eigenvalue weighted by Gasteiger charge is -2.03. The molecule has 1 rings (SSSR count). The average Bonchev–Trinajstić information content (AvgIpc) is 2.16. The average molecular weight is 212 g/mol. The summed E-state index contributed by atoms with van der Waals surface area (Å²) >= 11 is 1.27. The predicted molar refractivity (Wildman–Crippen MR) is 54.7 cm³/mol. The van der Waals surface area contributed by atoms with Crippen molar-refractivity contribution in [2.24, 2.45) is 0 Å². The lowest BCUT2D eigenvalue weighted by molar-refractivity contribution is -0.384. The molecule has 0 saturated heterocycles. The summed E-state index contributed by atoms with van der Waals surface area (Å²) in [5.74, 6) is 0. The molecule has 14 heavy (non-hydrogen) atoms. The Bertz CT molecular complexity index is 392. The highest BCUT2D eigenvalue weighted by atomic mass is 32.2. The van der Waals surface area contributed by atoms with Gasteiger partial charge >= 0.3 is 5.69 Å². The number of nitrogen functional groups attached to an aromatic ring is 1. The normalized spacial score (nSPS) is 9.79. The molecule has 0 fully saturated rings. The number of nitro groups is 1. The lowest BCUT2D eigenvalue weighted by atomic mass is 10.1. The summed E-state index contributed by atoms with van der Waals surface area (Å²) in [7, 11) is 0. The number of aldehydes is 1. The van der Waals surface area contributed by atoms with Crippen molar-refractivity contribution < 1.29 is 9.72 Å². The van der Waals surface area contributed by atoms with Gasteiger partial charge in [0.2, 0.25) is 0 Å². The van der Waals surface area contributed by atoms with Gasteiger partial charge in [-0.15, -0.1) is 11.8 Å². The smallest absolute Gasteiger partial charge is 0.303 e. The number of nitro benzene ring substituents is 1. The number of carbonyl (C=O) groups excluding carboxylic acids is 1. The molecule has 0 radical (unpaired) electrons. The minimum atomic E-state index is -0.640. The van der Waals surface area contributed by atoms with Crippen molar-refractivity contribution in [3.63, 3.8) is 0 Å². The van der Waals surface area contributed by atoms with Crippen LogP contribution in [0.4, 0.5) is 11.4 Å². The van der Waals surface area contributed by atoms with Crippen molar-refractivity contribution in [1.82, 2.24) is 0 Å². The van der Waals surface area contributed by atoms with E-state index in [1.165, 1.54) is 17.8 Å². The number of nitrogens with two attached hydrogens (primary N) is 1. The summed E-state index contributed by atoms with van der Waals surface area (Å²) in [5, 5.41) is 10.6. The number of rotatable bonds is 3. The van der Waals surface area contributed by atoms with Gasteiger partial charge in [-0.05, 0) is 18.4 Å². The Labute approximate surface area is 84.4 Å². The van der Waals surface area contributed by atoms with Crippen LogP contribution in [0.15, 0.2) is 17.0 Å². The quantitative estimate of drug-likeness (QED) is 0.271. The summed E-state index contributed by atoms with van der Waals surface area (Å²) in [6.07, 6.45) is 2.20. The standard InChI is InChI=1S/C8H8N2O3S/c1-14-7-3-2-6(9)8(10(12)13)5(7)4-11/h2-4H,9H2,1H3. The summed E-state index contributed by atoms with van der Waals surface area (Å²) < 4.78 is 0. The zero-order valence-corrected chi connectivity index (χ0v) is 8.21. The summed E-state index contributed by atoms with van der Waals surface area (Å²) in [6.45, 7) is 0. The van der Waals surface area contributed by atoms with E-state index in [1.807, 2.05) is 0 Å². The fraction of sp³-hybridized carbons (Fsp3) is 0.125. The maximum atomic E-state index is 10.7. The molecule has 5 nitrogen and oxygen atoms in total. The van der Waals surface area contributed by atoms with Crippen LogP contribution in [-0.2, 0) is 0 Å². The number of nitrogens with zero attached hydrogens (tertiary/aromatic N) is 1. The molecule has 0 heterocycles. The van der Waals surface area contributed by atoms with Crippen LogP contribution >= 0.6 is 11.8 Å². The van der Waals surface area contributed by atoms with E-state index in [2.05, 4.69) is 0 Å². The van der Waals surface area contributed by atoms with Crippen molar-refractivity contribution in [3.05, 3.63) is 27.8 Å². The number of carbonyl (C=O) groups is 1. The predicted octanol–water partition coefficient (Wildman–Crippen LogP) is 1.71. The first-order chi connectivity index (χ1) is 6.61. The molecule has 0 bridgehead atoms.